The Morgan fingerprint density at radius 3 is 2.69 bits per heavy atom. The Hall–Kier alpha value is -2.54. The SMILES string of the molecule is CC(=O)O[C@H]1CCC2[C@@H]3CCc4cc(OCOP(C)(=O)ON=[N+]=[N-])c(C(C)=O)cc4C3CC[C@@]21C. The van der Waals surface area contributed by atoms with E-state index in [1.807, 2.05) is 12.1 Å². The molecule has 0 bridgehead atoms. The zero-order valence-corrected chi connectivity index (χ0v) is 21.5. The minimum Gasteiger partial charge on any atom is -0.466 e. The van der Waals surface area contributed by atoms with Gasteiger partial charge in [-0.2, -0.15) is 0 Å². The number of rotatable bonds is 8. The summed E-state index contributed by atoms with van der Waals surface area (Å²) in [5, 5.41) is 2.82. The van der Waals surface area contributed by atoms with Gasteiger partial charge in [-0.05, 0) is 92.0 Å². The summed E-state index contributed by atoms with van der Waals surface area (Å²) in [5.41, 5.74) is 11.1. The molecule has 11 heteroatoms. The number of Topliss-reactive ketones (excluding diaryl/α,β-unsaturated/α-hetero) is 1. The van der Waals surface area contributed by atoms with Gasteiger partial charge in [-0.15, -0.1) is 0 Å². The van der Waals surface area contributed by atoms with Crippen LogP contribution in [0.3, 0.4) is 0 Å². The summed E-state index contributed by atoms with van der Waals surface area (Å²) >= 11 is 0. The lowest BCUT2D eigenvalue weighted by molar-refractivity contribution is -0.154. The van der Waals surface area contributed by atoms with Crippen molar-refractivity contribution in [2.45, 2.75) is 71.3 Å². The Labute approximate surface area is 204 Å². The molecular weight excluding hydrogens is 473 g/mol. The van der Waals surface area contributed by atoms with E-state index in [2.05, 4.69) is 21.7 Å². The Morgan fingerprint density at radius 1 is 1.23 bits per heavy atom. The Bertz CT molecular complexity index is 1120. The molecule has 0 aliphatic heterocycles. The summed E-state index contributed by atoms with van der Waals surface area (Å²) < 4.78 is 33.1. The lowest BCUT2D eigenvalue weighted by atomic mass is 9.55. The van der Waals surface area contributed by atoms with Crippen LogP contribution in [0.15, 0.2) is 17.4 Å². The van der Waals surface area contributed by atoms with Gasteiger partial charge in [0.1, 0.15) is 17.1 Å². The van der Waals surface area contributed by atoms with Crippen LogP contribution in [-0.4, -0.2) is 31.3 Å². The van der Waals surface area contributed by atoms with E-state index in [1.165, 1.54) is 19.4 Å². The zero-order chi connectivity index (χ0) is 25.4. The number of aryl methyl sites for hydroxylation is 1. The highest BCUT2D eigenvalue weighted by Gasteiger charge is 2.56. The molecule has 4 rings (SSSR count). The Balaban J connectivity index is 1.54. The van der Waals surface area contributed by atoms with Crippen molar-refractivity contribution in [1.82, 2.24) is 0 Å². The highest BCUT2D eigenvalue weighted by Crippen LogP contribution is 2.61. The van der Waals surface area contributed by atoms with Crippen molar-refractivity contribution < 1.29 is 32.8 Å². The third-order valence-corrected chi connectivity index (χ3v) is 9.09. The Morgan fingerprint density at radius 2 is 2.00 bits per heavy atom. The minimum absolute atomic E-state index is 0.000108. The molecule has 1 aromatic carbocycles. The summed E-state index contributed by atoms with van der Waals surface area (Å²) in [6.07, 6.45) is 5.81. The summed E-state index contributed by atoms with van der Waals surface area (Å²) in [4.78, 5) is 26.5. The fourth-order valence-electron chi connectivity index (χ4n) is 6.63. The van der Waals surface area contributed by atoms with Crippen LogP contribution in [-0.2, 0) is 29.7 Å². The fraction of sp³-hybridized carbons (Fsp3) is 0.667. The lowest BCUT2D eigenvalue weighted by Crippen LogP contribution is -2.45. The van der Waals surface area contributed by atoms with Crippen LogP contribution < -0.4 is 4.74 Å². The molecule has 0 radical (unpaired) electrons. The van der Waals surface area contributed by atoms with Crippen LogP contribution in [0.5, 0.6) is 5.75 Å². The minimum atomic E-state index is -3.62. The summed E-state index contributed by atoms with van der Waals surface area (Å²) in [5.74, 6) is 1.35. The second-order valence-corrected chi connectivity index (χ2v) is 12.1. The number of esters is 1. The highest BCUT2D eigenvalue weighted by atomic mass is 31.2. The van der Waals surface area contributed by atoms with E-state index < -0.39 is 14.4 Å². The molecule has 0 heterocycles. The van der Waals surface area contributed by atoms with E-state index in [-0.39, 0.29) is 23.3 Å². The van der Waals surface area contributed by atoms with Crippen molar-refractivity contribution in [2.24, 2.45) is 22.5 Å². The van der Waals surface area contributed by atoms with Crippen molar-refractivity contribution in [3.8, 4) is 5.75 Å². The van der Waals surface area contributed by atoms with Gasteiger partial charge >= 0.3 is 13.6 Å². The molecule has 190 valence electrons. The molecule has 0 amide bonds. The lowest BCUT2D eigenvalue weighted by Gasteiger charge is -2.50. The number of carbonyl (C=O) groups is 2. The van der Waals surface area contributed by atoms with Crippen molar-refractivity contribution in [2.75, 3.05) is 13.5 Å². The average molecular weight is 506 g/mol. The van der Waals surface area contributed by atoms with E-state index in [0.29, 0.717) is 29.1 Å². The van der Waals surface area contributed by atoms with E-state index in [9.17, 15) is 14.2 Å². The second-order valence-electron chi connectivity index (χ2n) is 10.2. The van der Waals surface area contributed by atoms with Crippen LogP contribution >= 0.6 is 7.60 Å². The first-order chi connectivity index (χ1) is 16.6. The van der Waals surface area contributed by atoms with Crippen LogP contribution in [0.4, 0.5) is 0 Å². The molecule has 10 nitrogen and oxygen atoms in total. The maximum Gasteiger partial charge on any atom is 0.385 e. The molecular formula is C24H32N3O7P. The average Bonchev–Trinajstić information content (AvgIpc) is 3.12. The second kappa shape index (κ2) is 9.84. The number of fused-ring (bicyclic) bond motifs is 5. The number of hydrogen-bond donors (Lipinski definition) is 0. The molecule has 3 aliphatic rings. The van der Waals surface area contributed by atoms with Gasteiger partial charge in [0.2, 0.25) is 0 Å². The number of hydrogen-bond acceptors (Lipinski definition) is 8. The van der Waals surface area contributed by atoms with Crippen molar-refractivity contribution in [3.05, 3.63) is 39.3 Å². The van der Waals surface area contributed by atoms with E-state index >= 15 is 0 Å². The zero-order valence-electron chi connectivity index (χ0n) is 20.6. The standard InChI is InChI=1S/C24H32N3O7P/c1-14(28)19-12-20-16(11-22(19)31-13-32-35(4,30)34-27-26-25)5-6-18-17(20)9-10-24(3)21(18)7-8-23(24)33-15(2)29/h11-12,17-18,21,23H,5-10,13H2,1-4H3/t17?,18-,21?,23+,24+,35?/m1/s1. The van der Waals surface area contributed by atoms with E-state index in [0.717, 1.165) is 50.8 Å². The summed E-state index contributed by atoms with van der Waals surface area (Å²) in [6, 6.07) is 3.84. The predicted molar refractivity (Wildman–Crippen MR) is 127 cm³/mol. The molecule has 3 aliphatic carbocycles. The molecule has 1 aromatic rings. The largest absolute Gasteiger partial charge is 0.466 e. The van der Waals surface area contributed by atoms with Crippen molar-refractivity contribution >= 4 is 19.3 Å². The van der Waals surface area contributed by atoms with Crippen LogP contribution in [0.25, 0.3) is 10.4 Å². The van der Waals surface area contributed by atoms with Gasteiger partial charge in [-0.25, -0.2) is 4.57 Å². The first-order valence-electron chi connectivity index (χ1n) is 12.0. The quantitative estimate of drug-likeness (QED) is 0.0609. The van der Waals surface area contributed by atoms with Gasteiger partial charge in [-0.1, -0.05) is 6.92 Å². The molecule has 6 atom stereocenters. The van der Waals surface area contributed by atoms with Gasteiger partial charge < -0.3 is 14.1 Å². The van der Waals surface area contributed by atoms with Gasteiger partial charge in [-0.3, -0.25) is 14.1 Å². The number of nitrogens with zero attached hydrogens (tertiary/aromatic N) is 3. The number of ether oxygens (including phenoxy) is 2. The Kier molecular flexibility index (Phi) is 7.18. The summed E-state index contributed by atoms with van der Waals surface area (Å²) in [6.45, 7) is 6.00. The van der Waals surface area contributed by atoms with Crippen LogP contribution in [0, 0.1) is 17.3 Å². The third kappa shape index (κ3) is 5.06. The van der Waals surface area contributed by atoms with Gasteiger partial charge in [0.15, 0.2) is 12.6 Å². The van der Waals surface area contributed by atoms with Crippen molar-refractivity contribution in [1.29, 1.82) is 0 Å². The van der Waals surface area contributed by atoms with E-state index in [4.69, 9.17) is 19.5 Å². The molecule has 0 saturated heterocycles. The van der Waals surface area contributed by atoms with Gasteiger partial charge in [0.05, 0.1) is 12.2 Å². The smallest absolute Gasteiger partial charge is 0.385 e. The van der Waals surface area contributed by atoms with Gasteiger partial charge in [0, 0.05) is 17.3 Å². The number of carbonyl (C=O) groups excluding carboxylic acids is 2. The molecule has 2 fully saturated rings. The molecule has 0 N–H and O–H groups in total. The predicted octanol–water partition coefficient (Wildman–Crippen LogP) is 6.09. The first-order valence-corrected chi connectivity index (χ1v) is 14.0. The number of ketones is 1. The third-order valence-electron chi connectivity index (χ3n) is 8.15. The maximum absolute atomic E-state index is 12.5. The monoisotopic (exact) mass is 505 g/mol. The van der Waals surface area contributed by atoms with Gasteiger partial charge in [0.25, 0.3) is 0 Å². The topological polar surface area (TPSA) is 137 Å². The number of azide groups is 1. The molecule has 3 unspecified atom stereocenters. The molecule has 2 saturated carbocycles. The van der Waals surface area contributed by atoms with E-state index in [1.54, 1.807) is 0 Å². The normalized spacial score (nSPS) is 30.5. The molecule has 35 heavy (non-hydrogen) atoms. The first kappa shape index (κ1) is 25.5. The molecule has 0 spiro atoms. The maximum atomic E-state index is 12.5. The number of benzene rings is 1. The fourth-order valence-corrected chi connectivity index (χ4v) is 7.09. The molecule has 0 aromatic heterocycles. The van der Waals surface area contributed by atoms with Crippen LogP contribution in [0.2, 0.25) is 0 Å². The summed E-state index contributed by atoms with van der Waals surface area (Å²) in [7, 11) is -3.62. The van der Waals surface area contributed by atoms with Crippen molar-refractivity contribution in [3.63, 3.8) is 0 Å². The highest BCUT2D eigenvalue weighted by molar-refractivity contribution is 7.52. The van der Waals surface area contributed by atoms with Crippen LogP contribution in [0.1, 0.15) is 80.3 Å².